The van der Waals surface area contributed by atoms with Gasteiger partial charge in [0, 0.05) is 24.1 Å². The van der Waals surface area contributed by atoms with Crippen molar-refractivity contribution in [2.24, 2.45) is 0 Å². The summed E-state index contributed by atoms with van der Waals surface area (Å²) < 4.78 is 14.4. The normalized spacial score (nSPS) is 13.5. The fourth-order valence-electron chi connectivity index (χ4n) is 3.30. The Hall–Kier alpha value is -2.54. The van der Waals surface area contributed by atoms with Gasteiger partial charge in [-0.15, -0.1) is 0 Å². The summed E-state index contributed by atoms with van der Waals surface area (Å²) in [6.07, 6.45) is 1.42. The summed E-state index contributed by atoms with van der Waals surface area (Å²) in [6.45, 7) is 2.69. The van der Waals surface area contributed by atoms with Gasteiger partial charge in [0.15, 0.2) is 0 Å². The zero-order valence-electron chi connectivity index (χ0n) is 15.7. The van der Waals surface area contributed by atoms with E-state index in [1.165, 1.54) is 23.5 Å². The third kappa shape index (κ3) is 4.47. The molecule has 2 aromatic carbocycles. The van der Waals surface area contributed by atoms with Crippen LogP contribution in [-0.4, -0.2) is 11.9 Å². The number of hydrogen-bond acceptors (Lipinski definition) is 6. The molecule has 0 saturated carbocycles. The van der Waals surface area contributed by atoms with E-state index in [9.17, 15) is 4.79 Å². The molecule has 2 heterocycles. The zero-order chi connectivity index (χ0) is 19.3. The molecule has 144 valence electrons. The third-order valence-corrected chi connectivity index (χ3v) is 5.39. The highest BCUT2D eigenvalue weighted by Crippen LogP contribution is 2.24. The minimum atomic E-state index is -0.152. The average Bonchev–Trinajstić information content (AvgIpc) is 3.11. The van der Waals surface area contributed by atoms with Gasteiger partial charge in [0.1, 0.15) is 18.6 Å². The molecule has 1 N–H and O–H groups in total. The Kier molecular flexibility index (Phi) is 5.81. The monoisotopic (exact) mass is 394 g/mol. The van der Waals surface area contributed by atoms with Crippen molar-refractivity contribution in [3.63, 3.8) is 0 Å². The van der Waals surface area contributed by atoms with Crippen molar-refractivity contribution in [2.45, 2.75) is 31.1 Å². The van der Waals surface area contributed by atoms with Crippen LogP contribution in [0.3, 0.4) is 0 Å². The second kappa shape index (κ2) is 8.65. The van der Waals surface area contributed by atoms with E-state index in [0.29, 0.717) is 18.9 Å². The van der Waals surface area contributed by atoms with E-state index in [2.05, 4.69) is 33.9 Å². The van der Waals surface area contributed by atoms with Gasteiger partial charge < -0.3 is 9.15 Å². The molecule has 0 spiro atoms. The van der Waals surface area contributed by atoms with E-state index in [1.807, 2.05) is 31.3 Å². The first kappa shape index (κ1) is 18.8. The van der Waals surface area contributed by atoms with Gasteiger partial charge in [0.2, 0.25) is 11.2 Å². The van der Waals surface area contributed by atoms with Crippen LogP contribution in [0.2, 0.25) is 0 Å². The molecule has 0 unspecified atom stereocenters. The number of benzene rings is 2. The minimum Gasteiger partial charge on any atom is -0.482 e. The van der Waals surface area contributed by atoms with Gasteiger partial charge in [-0.05, 0) is 47.8 Å². The van der Waals surface area contributed by atoms with Gasteiger partial charge in [-0.1, -0.05) is 36.4 Å². The highest BCUT2D eigenvalue weighted by molar-refractivity contribution is 7.97. The van der Waals surface area contributed by atoms with Crippen molar-refractivity contribution in [2.75, 3.05) is 7.05 Å². The highest BCUT2D eigenvalue weighted by atomic mass is 32.2. The largest absolute Gasteiger partial charge is 0.482 e. The molecule has 1 aliphatic heterocycles. The molecule has 1 aromatic heterocycles. The smallest absolute Gasteiger partial charge is 0.227 e. The summed E-state index contributed by atoms with van der Waals surface area (Å²) >= 11 is 1.55. The number of hydrogen-bond donors (Lipinski definition) is 1. The molecule has 0 fully saturated rings. The summed E-state index contributed by atoms with van der Waals surface area (Å²) in [7, 11) is 1.88. The predicted octanol–water partition coefficient (Wildman–Crippen LogP) is 3.96. The van der Waals surface area contributed by atoms with Gasteiger partial charge in [0.05, 0.1) is 6.54 Å². The molecule has 6 heteroatoms. The van der Waals surface area contributed by atoms with Gasteiger partial charge in [0.25, 0.3) is 0 Å². The lowest BCUT2D eigenvalue weighted by Crippen LogP contribution is -2.17. The quantitative estimate of drug-likeness (QED) is 0.612. The Morgan fingerprint density at radius 2 is 1.82 bits per heavy atom. The summed E-state index contributed by atoms with van der Waals surface area (Å²) in [6, 6.07) is 17.9. The molecule has 1 aliphatic rings. The van der Waals surface area contributed by atoms with Crippen LogP contribution in [0.15, 0.2) is 75.0 Å². The number of fused-ring (bicyclic) bond motifs is 1. The second-order valence-electron chi connectivity index (χ2n) is 6.73. The maximum Gasteiger partial charge on any atom is 0.227 e. The minimum absolute atomic E-state index is 0.152. The topological polar surface area (TPSA) is 54.7 Å². The van der Waals surface area contributed by atoms with E-state index in [-0.39, 0.29) is 11.2 Å². The van der Waals surface area contributed by atoms with Crippen molar-refractivity contribution in [3.05, 3.63) is 93.5 Å². The summed E-state index contributed by atoms with van der Waals surface area (Å²) in [5, 5.41) is 0. The van der Waals surface area contributed by atoms with E-state index < -0.39 is 0 Å². The Bertz CT molecular complexity index is 976. The molecule has 0 aliphatic carbocycles. The SMILES string of the molecule is CNSc1ccc(COc2coc(CN3Cc4ccccc4C3)cc2=O)cc1. The van der Waals surface area contributed by atoms with Crippen LogP contribution in [0.5, 0.6) is 5.75 Å². The van der Waals surface area contributed by atoms with E-state index in [4.69, 9.17) is 9.15 Å². The summed E-state index contributed by atoms with van der Waals surface area (Å²) in [4.78, 5) is 15.8. The predicted molar refractivity (Wildman–Crippen MR) is 110 cm³/mol. The third-order valence-electron chi connectivity index (χ3n) is 4.68. The molecule has 4 rings (SSSR count). The highest BCUT2D eigenvalue weighted by Gasteiger charge is 2.19. The first-order valence-corrected chi connectivity index (χ1v) is 9.99. The first-order valence-electron chi connectivity index (χ1n) is 9.17. The standard InChI is InChI=1S/C22H22N2O3S/c1-23-28-20-8-6-16(7-9-20)14-27-22-15-26-19(10-21(22)25)13-24-11-17-4-2-3-5-18(17)12-24/h2-10,15,23H,11-14H2,1H3. The maximum atomic E-state index is 12.4. The zero-order valence-corrected chi connectivity index (χ0v) is 16.5. The van der Waals surface area contributed by atoms with Gasteiger partial charge >= 0.3 is 0 Å². The Balaban J connectivity index is 1.35. The van der Waals surface area contributed by atoms with Crippen molar-refractivity contribution < 1.29 is 9.15 Å². The lowest BCUT2D eigenvalue weighted by atomic mass is 10.1. The van der Waals surface area contributed by atoms with Crippen LogP contribution >= 0.6 is 11.9 Å². The Labute approximate surface area is 168 Å². The van der Waals surface area contributed by atoms with E-state index in [1.54, 1.807) is 11.9 Å². The second-order valence-corrected chi connectivity index (χ2v) is 7.81. The fraction of sp³-hybridized carbons (Fsp3) is 0.227. The Morgan fingerprint density at radius 3 is 2.46 bits per heavy atom. The van der Waals surface area contributed by atoms with Crippen LogP contribution in [-0.2, 0) is 26.2 Å². The molecule has 0 atom stereocenters. The molecule has 0 amide bonds. The number of nitrogens with one attached hydrogen (secondary N) is 1. The molecule has 0 saturated heterocycles. The van der Waals surface area contributed by atoms with Gasteiger partial charge in [-0.3, -0.25) is 14.4 Å². The Morgan fingerprint density at radius 1 is 1.11 bits per heavy atom. The summed E-state index contributed by atoms with van der Waals surface area (Å²) in [5.74, 6) is 0.890. The van der Waals surface area contributed by atoms with Crippen LogP contribution in [0.4, 0.5) is 0 Å². The van der Waals surface area contributed by atoms with E-state index in [0.717, 1.165) is 23.5 Å². The molecule has 0 bridgehead atoms. The van der Waals surface area contributed by atoms with Crippen LogP contribution in [0.25, 0.3) is 0 Å². The van der Waals surface area contributed by atoms with Gasteiger partial charge in [-0.2, -0.15) is 0 Å². The lowest BCUT2D eigenvalue weighted by Gasteiger charge is -2.14. The fourth-order valence-corrected chi connectivity index (χ4v) is 3.80. The van der Waals surface area contributed by atoms with Crippen molar-refractivity contribution in [1.82, 2.24) is 9.62 Å². The average molecular weight is 394 g/mol. The van der Waals surface area contributed by atoms with E-state index >= 15 is 0 Å². The maximum absolute atomic E-state index is 12.4. The molecule has 5 nitrogen and oxygen atoms in total. The molecule has 3 aromatic rings. The van der Waals surface area contributed by atoms with Crippen molar-refractivity contribution in [3.8, 4) is 5.75 Å². The lowest BCUT2D eigenvalue weighted by molar-refractivity contribution is 0.241. The van der Waals surface area contributed by atoms with Crippen LogP contribution in [0, 0.1) is 0 Å². The molecule has 0 radical (unpaired) electrons. The first-order chi connectivity index (χ1) is 13.7. The van der Waals surface area contributed by atoms with Crippen molar-refractivity contribution in [1.29, 1.82) is 0 Å². The number of nitrogens with zero attached hydrogens (tertiary/aromatic N) is 1. The molecular weight excluding hydrogens is 372 g/mol. The number of rotatable bonds is 7. The van der Waals surface area contributed by atoms with Crippen LogP contribution in [0.1, 0.15) is 22.5 Å². The molecule has 28 heavy (non-hydrogen) atoms. The molecular formula is C22H22N2O3S. The van der Waals surface area contributed by atoms with Gasteiger partial charge in [-0.25, -0.2) is 0 Å². The van der Waals surface area contributed by atoms with Crippen LogP contribution < -0.4 is 14.9 Å². The van der Waals surface area contributed by atoms with Crippen molar-refractivity contribution >= 4 is 11.9 Å². The number of ether oxygens (including phenoxy) is 1. The summed E-state index contributed by atoms with van der Waals surface area (Å²) in [5.41, 5.74) is 3.52.